The van der Waals surface area contributed by atoms with E-state index in [1.165, 1.54) is 4.90 Å². The number of benzene rings is 1. The third kappa shape index (κ3) is 1.73. The molecule has 0 saturated carbocycles. The van der Waals surface area contributed by atoms with Gasteiger partial charge in [-0.05, 0) is 25.0 Å². The standard InChI is InChI=1S/C14H17NO3/c1-3-4-9-14(18)12(16)10-7-5-6-8-11(10)15(2)13(14)17/h5-8,18H,3-4,9H2,1-2H3/t14-/m1/s1. The Morgan fingerprint density at radius 3 is 2.61 bits per heavy atom. The van der Waals surface area contributed by atoms with Crippen molar-refractivity contribution >= 4 is 17.4 Å². The summed E-state index contributed by atoms with van der Waals surface area (Å²) in [6.07, 6.45) is 1.65. The van der Waals surface area contributed by atoms with Gasteiger partial charge in [-0.3, -0.25) is 9.59 Å². The summed E-state index contributed by atoms with van der Waals surface area (Å²) in [5.74, 6) is -1.01. The largest absolute Gasteiger partial charge is 0.373 e. The van der Waals surface area contributed by atoms with Gasteiger partial charge < -0.3 is 10.0 Å². The Hall–Kier alpha value is -1.68. The van der Waals surface area contributed by atoms with Crippen LogP contribution in [0, 0.1) is 0 Å². The van der Waals surface area contributed by atoms with Crippen LogP contribution >= 0.6 is 0 Å². The van der Waals surface area contributed by atoms with E-state index in [4.69, 9.17) is 0 Å². The summed E-state index contributed by atoms with van der Waals surface area (Å²) in [7, 11) is 1.59. The lowest BCUT2D eigenvalue weighted by atomic mass is 9.83. The van der Waals surface area contributed by atoms with Gasteiger partial charge in [0.05, 0.1) is 5.69 Å². The van der Waals surface area contributed by atoms with E-state index >= 15 is 0 Å². The van der Waals surface area contributed by atoms with Crippen molar-refractivity contribution < 1.29 is 14.7 Å². The van der Waals surface area contributed by atoms with Gasteiger partial charge in [-0.25, -0.2) is 0 Å². The molecule has 4 nitrogen and oxygen atoms in total. The number of amides is 1. The number of likely N-dealkylation sites (N-methyl/N-ethyl adjacent to an activating group) is 1. The van der Waals surface area contributed by atoms with Crippen LogP contribution in [0.4, 0.5) is 5.69 Å². The van der Waals surface area contributed by atoms with Crippen LogP contribution < -0.4 is 4.90 Å². The van der Waals surface area contributed by atoms with Gasteiger partial charge in [0.15, 0.2) is 0 Å². The van der Waals surface area contributed by atoms with Gasteiger partial charge in [-0.2, -0.15) is 0 Å². The summed E-state index contributed by atoms with van der Waals surface area (Å²) in [6.45, 7) is 1.96. The second kappa shape index (κ2) is 4.53. The third-order valence-electron chi connectivity index (χ3n) is 3.44. The van der Waals surface area contributed by atoms with E-state index in [2.05, 4.69) is 0 Å². The van der Waals surface area contributed by atoms with Gasteiger partial charge in [-0.15, -0.1) is 0 Å². The van der Waals surface area contributed by atoms with Crippen molar-refractivity contribution in [3.05, 3.63) is 29.8 Å². The first-order valence-corrected chi connectivity index (χ1v) is 6.16. The van der Waals surface area contributed by atoms with E-state index in [0.717, 1.165) is 6.42 Å². The molecule has 1 aliphatic rings. The maximum absolute atomic E-state index is 12.3. The van der Waals surface area contributed by atoms with Crippen LogP contribution in [-0.2, 0) is 4.79 Å². The minimum atomic E-state index is -1.89. The van der Waals surface area contributed by atoms with Crippen LogP contribution in [-0.4, -0.2) is 29.4 Å². The molecule has 0 radical (unpaired) electrons. The highest BCUT2D eigenvalue weighted by Gasteiger charge is 2.49. The SMILES string of the molecule is CCCC[C@@]1(O)C(=O)c2ccccc2N(C)C1=O. The average molecular weight is 247 g/mol. The van der Waals surface area contributed by atoms with Crippen molar-refractivity contribution in [2.24, 2.45) is 0 Å². The van der Waals surface area contributed by atoms with Gasteiger partial charge in [0, 0.05) is 12.6 Å². The Bertz CT molecular complexity index is 498. The number of nitrogens with zero attached hydrogens (tertiary/aromatic N) is 1. The summed E-state index contributed by atoms with van der Waals surface area (Å²) in [5.41, 5.74) is -0.911. The number of aliphatic hydroxyl groups is 1. The first-order valence-electron chi connectivity index (χ1n) is 6.16. The number of carbonyl (C=O) groups excluding carboxylic acids is 2. The number of carbonyl (C=O) groups is 2. The van der Waals surface area contributed by atoms with E-state index in [0.29, 0.717) is 17.7 Å². The fourth-order valence-electron chi connectivity index (χ4n) is 2.32. The summed E-state index contributed by atoms with van der Waals surface area (Å²) >= 11 is 0. The number of fused-ring (bicyclic) bond motifs is 1. The maximum Gasteiger partial charge on any atom is 0.266 e. The molecule has 96 valence electrons. The lowest BCUT2D eigenvalue weighted by Crippen LogP contribution is -2.57. The minimum Gasteiger partial charge on any atom is -0.373 e. The fraction of sp³-hybridized carbons (Fsp3) is 0.429. The van der Waals surface area contributed by atoms with E-state index in [-0.39, 0.29) is 6.42 Å². The third-order valence-corrected chi connectivity index (χ3v) is 3.44. The molecule has 1 amide bonds. The second-order valence-corrected chi connectivity index (χ2v) is 4.67. The molecular weight excluding hydrogens is 230 g/mol. The van der Waals surface area contributed by atoms with Crippen molar-refractivity contribution in [1.82, 2.24) is 0 Å². The summed E-state index contributed by atoms with van der Waals surface area (Å²) in [5, 5.41) is 10.4. The van der Waals surface area contributed by atoms with E-state index < -0.39 is 17.3 Å². The van der Waals surface area contributed by atoms with Gasteiger partial charge in [-0.1, -0.05) is 25.5 Å². The Morgan fingerprint density at radius 2 is 1.94 bits per heavy atom. The summed E-state index contributed by atoms with van der Waals surface area (Å²) in [6, 6.07) is 6.87. The van der Waals surface area contributed by atoms with Gasteiger partial charge in [0.2, 0.25) is 11.4 Å². The number of hydrogen-bond acceptors (Lipinski definition) is 3. The summed E-state index contributed by atoms with van der Waals surface area (Å²) < 4.78 is 0. The molecule has 0 aromatic heterocycles. The lowest BCUT2D eigenvalue weighted by molar-refractivity contribution is -0.133. The van der Waals surface area contributed by atoms with E-state index in [1.807, 2.05) is 6.92 Å². The zero-order valence-electron chi connectivity index (χ0n) is 10.6. The van der Waals surface area contributed by atoms with Crippen molar-refractivity contribution in [2.45, 2.75) is 31.8 Å². The monoisotopic (exact) mass is 247 g/mol. The molecule has 0 fully saturated rings. The molecule has 4 heteroatoms. The first kappa shape index (κ1) is 12.8. The molecule has 1 aromatic carbocycles. The van der Waals surface area contributed by atoms with Gasteiger partial charge in [0.25, 0.3) is 5.91 Å². The zero-order chi connectivity index (χ0) is 13.3. The van der Waals surface area contributed by atoms with Crippen LogP contribution in [0.2, 0.25) is 0 Å². The van der Waals surface area contributed by atoms with Crippen molar-refractivity contribution in [3.8, 4) is 0 Å². The van der Waals surface area contributed by atoms with Crippen LogP contribution in [0.25, 0.3) is 0 Å². The quantitative estimate of drug-likeness (QED) is 0.828. The van der Waals surface area contributed by atoms with Crippen molar-refractivity contribution in [3.63, 3.8) is 0 Å². The molecule has 0 aliphatic carbocycles. The Morgan fingerprint density at radius 1 is 1.28 bits per heavy atom. The predicted molar refractivity (Wildman–Crippen MR) is 68.7 cm³/mol. The number of unbranched alkanes of at least 4 members (excludes halogenated alkanes) is 1. The predicted octanol–water partition coefficient (Wildman–Crippen LogP) is 1.77. The lowest BCUT2D eigenvalue weighted by Gasteiger charge is -2.36. The number of hydrogen-bond donors (Lipinski definition) is 1. The molecule has 0 saturated heterocycles. The van der Waals surface area contributed by atoms with Crippen LogP contribution in [0.5, 0.6) is 0 Å². The number of rotatable bonds is 3. The van der Waals surface area contributed by atoms with Gasteiger partial charge in [0.1, 0.15) is 0 Å². The molecule has 0 unspecified atom stereocenters. The highest BCUT2D eigenvalue weighted by molar-refractivity contribution is 6.26. The van der Waals surface area contributed by atoms with Crippen molar-refractivity contribution in [1.29, 1.82) is 0 Å². The second-order valence-electron chi connectivity index (χ2n) is 4.67. The molecular formula is C14H17NO3. The minimum absolute atomic E-state index is 0.180. The molecule has 1 N–H and O–H groups in total. The molecule has 0 spiro atoms. The molecule has 0 bridgehead atoms. The highest BCUT2D eigenvalue weighted by Crippen LogP contribution is 2.34. The highest BCUT2D eigenvalue weighted by atomic mass is 16.3. The number of ketones is 1. The first-order chi connectivity index (χ1) is 8.52. The molecule has 2 rings (SSSR count). The fourth-order valence-corrected chi connectivity index (χ4v) is 2.32. The van der Waals surface area contributed by atoms with Crippen LogP contribution in [0.15, 0.2) is 24.3 Å². The molecule has 1 atom stereocenters. The number of Topliss-reactive ketones (excluding diaryl/α,β-unsaturated/α-hetero) is 1. The maximum atomic E-state index is 12.3. The molecule has 18 heavy (non-hydrogen) atoms. The average Bonchev–Trinajstić information content (AvgIpc) is 2.41. The number of para-hydroxylation sites is 1. The smallest absolute Gasteiger partial charge is 0.266 e. The van der Waals surface area contributed by atoms with Crippen LogP contribution in [0.3, 0.4) is 0 Å². The Labute approximate surface area is 106 Å². The topological polar surface area (TPSA) is 57.6 Å². The number of anilines is 1. The molecule has 1 aliphatic heterocycles. The molecule has 1 heterocycles. The van der Waals surface area contributed by atoms with Crippen molar-refractivity contribution in [2.75, 3.05) is 11.9 Å². The van der Waals surface area contributed by atoms with Crippen LogP contribution in [0.1, 0.15) is 36.5 Å². The Balaban J connectivity index is 2.48. The molecule has 1 aromatic rings. The zero-order valence-corrected chi connectivity index (χ0v) is 10.6. The summed E-state index contributed by atoms with van der Waals surface area (Å²) in [4.78, 5) is 25.9. The van der Waals surface area contributed by atoms with Gasteiger partial charge >= 0.3 is 0 Å². The van der Waals surface area contributed by atoms with E-state index in [1.54, 1.807) is 31.3 Å². The normalized spacial score (nSPS) is 23.2. The van der Waals surface area contributed by atoms with E-state index in [9.17, 15) is 14.7 Å². The Kier molecular flexibility index (Phi) is 3.22.